The van der Waals surface area contributed by atoms with Crippen LogP contribution in [-0.2, 0) is 9.53 Å². The molecule has 0 aliphatic carbocycles. The molecule has 3 nitrogen and oxygen atoms in total. The molecule has 0 rings (SSSR count). The van der Waals surface area contributed by atoms with Crippen LogP contribution in [0.1, 0.15) is 77.6 Å². The molecule has 0 aromatic rings. The largest absolute Gasteiger partial charge is 0.481 e. The van der Waals surface area contributed by atoms with Crippen LogP contribution >= 0.6 is 0 Å². The first-order valence-corrected chi connectivity index (χ1v) is 7.57. The number of carboxylic acids is 1. The first kappa shape index (κ1) is 17.4. The lowest BCUT2D eigenvalue weighted by molar-refractivity contribution is -0.137. The Balaban J connectivity index is 2.92. The Morgan fingerprint density at radius 2 is 1.33 bits per heavy atom. The minimum Gasteiger partial charge on any atom is -0.481 e. The topological polar surface area (TPSA) is 46.5 Å². The fourth-order valence-corrected chi connectivity index (χ4v) is 1.92. The lowest BCUT2D eigenvalue weighted by Gasteiger charge is -2.04. The van der Waals surface area contributed by atoms with Crippen molar-refractivity contribution in [3.8, 4) is 0 Å². The van der Waals surface area contributed by atoms with Crippen LogP contribution in [0.15, 0.2) is 0 Å². The molecule has 3 heteroatoms. The molecule has 0 spiro atoms. The summed E-state index contributed by atoms with van der Waals surface area (Å²) in [7, 11) is 0. The summed E-state index contributed by atoms with van der Waals surface area (Å²) >= 11 is 0. The van der Waals surface area contributed by atoms with Gasteiger partial charge in [0.15, 0.2) is 0 Å². The number of hydrogen-bond donors (Lipinski definition) is 1. The molecule has 0 amide bonds. The molecule has 0 fully saturated rings. The van der Waals surface area contributed by atoms with Gasteiger partial charge in [-0.25, -0.2) is 0 Å². The van der Waals surface area contributed by atoms with Crippen molar-refractivity contribution in [1.82, 2.24) is 0 Å². The lowest BCUT2D eigenvalue weighted by atomic mass is 10.1. The van der Waals surface area contributed by atoms with Crippen molar-refractivity contribution >= 4 is 5.97 Å². The Kier molecular flexibility index (Phi) is 14.0. The molecule has 0 heterocycles. The summed E-state index contributed by atoms with van der Waals surface area (Å²) < 4.78 is 5.56. The van der Waals surface area contributed by atoms with Crippen LogP contribution < -0.4 is 0 Å². The van der Waals surface area contributed by atoms with Gasteiger partial charge in [0.25, 0.3) is 0 Å². The van der Waals surface area contributed by atoms with E-state index in [0.29, 0.717) is 6.42 Å². The molecule has 1 N–H and O–H groups in total. The fourth-order valence-electron chi connectivity index (χ4n) is 1.92. The van der Waals surface area contributed by atoms with E-state index in [-0.39, 0.29) is 0 Å². The zero-order valence-electron chi connectivity index (χ0n) is 12.0. The van der Waals surface area contributed by atoms with Gasteiger partial charge in [0, 0.05) is 19.6 Å². The molecule has 0 aromatic heterocycles. The van der Waals surface area contributed by atoms with Crippen LogP contribution in [0.4, 0.5) is 0 Å². The molecule has 0 aliphatic rings. The highest BCUT2D eigenvalue weighted by molar-refractivity contribution is 5.66. The van der Waals surface area contributed by atoms with Crippen molar-refractivity contribution in [1.29, 1.82) is 0 Å². The number of carbonyl (C=O) groups is 1. The number of carboxylic acid groups (broad SMARTS) is 1. The molecule has 0 bridgehead atoms. The van der Waals surface area contributed by atoms with Crippen LogP contribution in [-0.4, -0.2) is 24.3 Å². The molecule has 0 aromatic carbocycles. The third-order valence-corrected chi connectivity index (χ3v) is 3.07. The van der Waals surface area contributed by atoms with Crippen molar-refractivity contribution in [3.63, 3.8) is 0 Å². The molecular formula is C15H30O3. The van der Waals surface area contributed by atoms with E-state index in [2.05, 4.69) is 6.92 Å². The van der Waals surface area contributed by atoms with E-state index < -0.39 is 5.97 Å². The molecule has 0 atom stereocenters. The third-order valence-electron chi connectivity index (χ3n) is 3.07. The molecule has 0 aliphatic heterocycles. The minimum atomic E-state index is -0.679. The molecule has 0 unspecified atom stereocenters. The van der Waals surface area contributed by atoms with E-state index in [1.807, 2.05) is 0 Å². The fraction of sp³-hybridized carbons (Fsp3) is 0.933. The van der Waals surface area contributed by atoms with Gasteiger partial charge >= 0.3 is 5.97 Å². The number of rotatable bonds is 14. The van der Waals surface area contributed by atoms with Gasteiger partial charge in [-0.3, -0.25) is 4.79 Å². The first-order chi connectivity index (χ1) is 8.77. The maximum Gasteiger partial charge on any atom is 0.303 e. The summed E-state index contributed by atoms with van der Waals surface area (Å²) in [5.41, 5.74) is 0. The van der Waals surface area contributed by atoms with E-state index in [4.69, 9.17) is 9.84 Å². The highest BCUT2D eigenvalue weighted by atomic mass is 16.5. The molecule has 0 radical (unpaired) electrons. The van der Waals surface area contributed by atoms with E-state index in [1.165, 1.54) is 32.1 Å². The predicted octanol–water partition coefficient (Wildman–Crippen LogP) is 4.40. The normalized spacial score (nSPS) is 10.7. The van der Waals surface area contributed by atoms with Crippen molar-refractivity contribution in [2.24, 2.45) is 0 Å². The zero-order valence-corrected chi connectivity index (χ0v) is 12.0. The van der Waals surface area contributed by atoms with Gasteiger partial charge in [0.1, 0.15) is 0 Å². The quantitative estimate of drug-likeness (QED) is 0.470. The molecule has 0 saturated carbocycles. The second kappa shape index (κ2) is 14.5. The molecule has 108 valence electrons. The smallest absolute Gasteiger partial charge is 0.303 e. The van der Waals surface area contributed by atoms with Gasteiger partial charge in [0.05, 0.1) is 0 Å². The number of unbranched alkanes of at least 4 members (excludes halogenated alkanes) is 8. The minimum absolute atomic E-state index is 0.314. The van der Waals surface area contributed by atoms with E-state index in [1.54, 1.807) is 0 Å². The predicted molar refractivity (Wildman–Crippen MR) is 74.9 cm³/mol. The van der Waals surface area contributed by atoms with Crippen LogP contribution in [0.5, 0.6) is 0 Å². The molecule has 0 saturated heterocycles. The summed E-state index contributed by atoms with van der Waals surface area (Å²) in [6.45, 7) is 4.00. The van der Waals surface area contributed by atoms with Gasteiger partial charge in [-0.2, -0.15) is 0 Å². The van der Waals surface area contributed by atoms with Crippen LogP contribution in [0.3, 0.4) is 0 Å². The van der Waals surface area contributed by atoms with E-state index >= 15 is 0 Å². The van der Waals surface area contributed by atoms with Crippen LogP contribution in [0, 0.1) is 0 Å². The maximum absolute atomic E-state index is 10.3. The van der Waals surface area contributed by atoms with Crippen molar-refractivity contribution < 1.29 is 14.6 Å². The van der Waals surface area contributed by atoms with E-state index in [0.717, 1.165) is 45.3 Å². The molecule has 18 heavy (non-hydrogen) atoms. The Hall–Kier alpha value is -0.570. The van der Waals surface area contributed by atoms with Crippen LogP contribution in [0.25, 0.3) is 0 Å². The van der Waals surface area contributed by atoms with Gasteiger partial charge in [-0.15, -0.1) is 0 Å². The average Bonchev–Trinajstić information content (AvgIpc) is 2.34. The monoisotopic (exact) mass is 258 g/mol. The number of aliphatic carboxylic acids is 1. The number of ether oxygens (including phenoxy) is 1. The third kappa shape index (κ3) is 15.4. The average molecular weight is 258 g/mol. The second-order valence-electron chi connectivity index (χ2n) is 4.94. The van der Waals surface area contributed by atoms with Gasteiger partial charge in [-0.05, 0) is 19.3 Å². The van der Waals surface area contributed by atoms with Crippen molar-refractivity contribution in [2.45, 2.75) is 77.6 Å². The Bertz CT molecular complexity index is 181. The SMILES string of the molecule is CCCCCCCOCCCCCCCC(=O)O. The Labute approximate surface area is 112 Å². The van der Waals surface area contributed by atoms with E-state index in [9.17, 15) is 4.79 Å². The summed E-state index contributed by atoms with van der Waals surface area (Å²) in [5, 5.41) is 8.47. The van der Waals surface area contributed by atoms with Crippen LogP contribution in [0.2, 0.25) is 0 Å². The highest BCUT2D eigenvalue weighted by Crippen LogP contribution is 2.06. The van der Waals surface area contributed by atoms with Gasteiger partial charge in [0.2, 0.25) is 0 Å². The number of hydrogen-bond acceptors (Lipinski definition) is 2. The maximum atomic E-state index is 10.3. The van der Waals surface area contributed by atoms with Crippen molar-refractivity contribution in [2.75, 3.05) is 13.2 Å². The standard InChI is InChI=1S/C15H30O3/c1-2-3-4-7-10-13-18-14-11-8-5-6-9-12-15(16)17/h2-14H2,1H3,(H,16,17). The second-order valence-corrected chi connectivity index (χ2v) is 4.94. The summed E-state index contributed by atoms with van der Waals surface area (Å²) in [6.07, 6.45) is 12.0. The van der Waals surface area contributed by atoms with Crippen molar-refractivity contribution in [3.05, 3.63) is 0 Å². The zero-order chi connectivity index (χ0) is 13.5. The van der Waals surface area contributed by atoms with Gasteiger partial charge in [-0.1, -0.05) is 51.9 Å². The molecular weight excluding hydrogens is 228 g/mol. The highest BCUT2D eigenvalue weighted by Gasteiger charge is 1.96. The lowest BCUT2D eigenvalue weighted by Crippen LogP contribution is -1.97. The summed E-state index contributed by atoms with van der Waals surface area (Å²) in [5.74, 6) is -0.679. The summed E-state index contributed by atoms with van der Waals surface area (Å²) in [6, 6.07) is 0. The Morgan fingerprint density at radius 1 is 0.833 bits per heavy atom. The van der Waals surface area contributed by atoms with Gasteiger partial charge < -0.3 is 9.84 Å². The first-order valence-electron chi connectivity index (χ1n) is 7.57. The Morgan fingerprint density at radius 3 is 1.89 bits per heavy atom. The summed E-state index contributed by atoms with van der Waals surface area (Å²) in [4.78, 5) is 10.3.